The van der Waals surface area contributed by atoms with Crippen molar-refractivity contribution < 1.29 is 4.74 Å². The zero-order valence-electron chi connectivity index (χ0n) is 9.03. The fourth-order valence-corrected chi connectivity index (χ4v) is 1.67. The molecule has 0 saturated heterocycles. The molecule has 0 spiro atoms. The van der Waals surface area contributed by atoms with Crippen molar-refractivity contribution in [3.63, 3.8) is 0 Å². The number of benzene rings is 2. The van der Waals surface area contributed by atoms with Crippen LogP contribution in [0.5, 0.6) is 5.75 Å². The van der Waals surface area contributed by atoms with Crippen LogP contribution in [0.2, 0.25) is 0 Å². The summed E-state index contributed by atoms with van der Waals surface area (Å²) in [6.07, 6.45) is 0. The van der Waals surface area contributed by atoms with Crippen molar-refractivity contribution in [2.75, 3.05) is 7.11 Å². The fraction of sp³-hybridized carbons (Fsp3) is 0.200. The first-order valence-electron chi connectivity index (χ1n) is 5.01. The van der Waals surface area contributed by atoms with Gasteiger partial charge in [-0.25, -0.2) is 0 Å². The van der Waals surface area contributed by atoms with Crippen molar-refractivity contribution in [2.45, 2.75) is 14.4 Å². The highest BCUT2D eigenvalue weighted by Gasteiger charge is 2.04. The number of aryl methyl sites for hydroxylation is 1. The number of methoxy groups -OCH3 is 1. The second-order valence-corrected chi connectivity index (χ2v) is 3.57. The Morgan fingerprint density at radius 1 is 0.938 bits per heavy atom. The molecule has 0 aromatic heterocycles. The topological polar surface area (TPSA) is 9.23 Å². The maximum Gasteiger partial charge on any atom is 0.126 e. The summed E-state index contributed by atoms with van der Waals surface area (Å²) in [6, 6.07) is 16.5. The monoisotopic (exact) mass is 214 g/mol. The molecular formula is C15H18O. The van der Waals surface area contributed by atoms with Crippen LogP contribution in [-0.4, -0.2) is 7.11 Å². The molecular weight excluding hydrogens is 196 g/mol. The van der Waals surface area contributed by atoms with E-state index in [0.29, 0.717) is 0 Å². The highest BCUT2D eigenvalue weighted by atomic mass is 16.5. The van der Waals surface area contributed by atoms with Crippen LogP contribution in [-0.2, 0) is 0 Å². The number of ether oxygens (including phenoxy) is 1. The quantitative estimate of drug-likeness (QED) is 0.724. The molecule has 0 radical (unpaired) electrons. The summed E-state index contributed by atoms with van der Waals surface area (Å²) in [4.78, 5) is 0. The fourth-order valence-electron chi connectivity index (χ4n) is 1.67. The minimum atomic E-state index is 0. The Morgan fingerprint density at radius 3 is 2.25 bits per heavy atom. The Balaban J connectivity index is 0.00000128. The first-order valence-corrected chi connectivity index (χ1v) is 5.01. The number of hydrogen-bond donors (Lipinski definition) is 0. The summed E-state index contributed by atoms with van der Waals surface area (Å²) < 4.78 is 5.35. The van der Waals surface area contributed by atoms with Crippen molar-refractivity contribution in [3.05, 3.63) is 54.1 Å². The lowest BCUT2D eigenvalue weighted by molar-refractivity contribution is 0.416. The summed E-state index contributed by atoms with van der Waals surface area (Å²) in [6.45, 7) is 2.09. The molecule has 2 aromatic carbocycles. The molecule has 0 aliphatic heterocycles. The van der Waals surface area contributed by atoms with E-state index >= 15 is 0 Å². The molecule has 1 nitrogen and oxygen atoms in total. The summed E-state index contributed by atoms with van der Waals surface area (Å²) in [5.41, 5.74) is 3.59. The van der Waals surface area contributed by atoms with Gasteiger partial charge in [-0.1, -0.05) is 49.4 Å². The van der Waals surface area contributed by atoms with E-state index in [4.69, 9.17) is 4.74 Å². The molecule has 0 atom stereocenters. The molecule has 0 fully saturated rings. The minimum absolute atomic E-state index is 0. The third kappa shape index (κ3) is 2.43. The lowest BCUT2D eigenvalue weighted by Crippen LogP contribution is -1.88. The van der Waals surface area contributed by atoms with Crippen molar-refractivity contribution >= 4 is 0 Å². The van der Waals surface area contributed by atoms with Crippen molar-refractivity contribution in [3.8, 4) is 16.9 Å². The molecule has 84 valence electrons. The van der Waals surface area contributed by atoms with Gasteiger partial charge in [0.15, 0.2) is 0 Å². The van der Waals surface area contributed by atoms with Gasteiger partial charge in [-0.3, -0.25) is 0 Å². The summed E-state index contributed by atoms with van der Waals surface area (Å²) in [7, 11) is 1.71. The van der Waals surface area contributed by atoms with E-state index in [1.54, 1.807) is 7.11 Å². The maximum absolute atomic E-state index is 5.35. The normalized spacial score (nSPS) is 9.38. The Labute approximate surface area is 97.7 Å². The first kappa shape index (κ1) is 12.3. The predicted octanol–water partition coefficient (Wildman–Crippen LogP) is 4.31. The van der Waals surface area contributed by atoms with Crippen LogP contribution in [0.15, 0.2) is 48.5 Å². The number of rotatable bonds is 2. The van der Waals surface area contributed by atoms with E-state index < -0.39 is 0 Å². The van der Waals surface area contributed by atoms with Crippen LogP contribution >= 0.6 is 0 Å². The maximum atomic E-state index is 5.35. The molecule has 0 aliphatic rings. The van der Waals surface area contributed by atoms with E-state index in [1.165, 1.54) is 11.1 Å². The Kier molecular flexibility index (Phi) is 4.12. The van der Waals surface area contributed by atoms with E-state index in [1.807, 2.05) is 24.3 Å². The van der Waals surface area contributed by atoms with E-state index in [9.17, 15) is 0 Å². The van der Waals surface area contributed by atoms with Crippen LogP contribution in [0.4, 0.5) is 0 Å². The van der Waals surface area contributed by atoms with Crippen LogP contribution in [0.3, 0.4) is 0 Å². The highest BCUT2D eigenvalue weighted by molar-refractivity contribution is 5.71. The van der Waals surface area contributed by atoms with Crippen molar-refractivity contribution in [2.24, 2.45) is 0 Å². The molecule has 0 heterocycles. The Hall–Kier alpha value is -1.76. The van der Waals surface area contributed by atoms with Gasteiger partial charge in [0.1, 0.15) is 5.75 Å². The molecule has 0 saturated carbocycles. The lowest BCUT2D eigenvalue weighted by atomic mass is 10.0. The third-order valence-electron chi connectivity index (χ3n) is 2.44. The van der Waals surface area contributed by atoms with Gasteiger partial charge in [0.25, 0.3) is 0 Å². The van der Waals surface area contributed by atoms with Gasteiger partial charge in [-0.15, -0.1) is 0 Å². The smallest absolute Gasteiger partial charge is 0.126 e. The van der Waals surface area contributed by atoms with Gasteiger partial charge in [0.05, 0.1) is 7.11 Å². The molecule has 0 bridgehead atoms. The van der Waals surface area contributed by atoms with Gasteiger partial charge in [-0.2, -0.15) is 0 Å². The Bertz CT molecular complexity index is 446. The average Bonchev–Trinajstić information content (AvgIpc) is 2.30. The van der Waals surface area contributed by atoms with Crippen molar-refractivity contribution in [1.29, 1.82) is 0 Å². The van der Waals surface area contributed by atoms with Crippen LogP contribution in [0.25, 0.3) is 11.1 Å². The SMILES string of the molecule is C.COc1ccc(C)cc1-c1ccccc1. The second-order valence-electron chi connectivity index (χ2n) is 3.57. The molecule has 2 rings (SSSR count). The molecule has 0 aliphatic carbocycles. The molecule has 2 aromatic rings. The molecule has 0 amide bonds. The van der Waals surface area contributed by atoms with Gasteiger partial charge >= 0.3 is 0 Å². The van der Waals surface area contributed by atoms with Crippen LogP contribution in [0, 0.1) is 6.92 Å². The summed E-state index contributed by atoms with van der Waals surface area (Å²) in [5, 5.41) is 0. The number of hydrogen-bond acceptors (Lipinski definition) is 1. The van der Waals surface area contributed by atoms with E-state index in [-0.39, 0.29) is 7.43 Å². The summed E-state index contributed by atoms with van der Waals surface area (Å²) in [5.74, 6) is 0.923. The van der Waals surface area contributed by atoms with Gasteiger partial charge in [0, 0.05) is 5.56 Å². The second kappa shape index (κ2) is 5.36. The Morgan fingerprint density at radius 2 is 1.62 bits per heavy atom. The zero-order chi connectivity index (χ0) is 10.7. The highest BCUT2D eigenvalue weighted by Crippen LogP contribution is 2.30. The average molecular weight is 214 g/mol. The van der Waals surface area contributed by atoms with Crippen LogP contribution in [0.1, 0.15) is 13.0 Å². The van der Waals surface area contributed by atoms with Gasteiger partial charge < -0.3 is 4.74 Å². The lowest BCUT2D eigenvalue weighted by Gasteiger charge is -2.09. The zero-order valence-corrected chi connectivity index (χ0v) is 9.03. The molecule has 1 heteroatoms. The standard InChI is InChI=1S/C14H14O.CH4/c1-11-8-9-14(15-2)13(10-11)12-6-4-3-5-7-12;/h3-10H,1-2H3;1H4. The van der Waals surface area contributed by atoms with E-state index in [2.05, 4.69) is 31.2 Å². The molecule has 16 heavy (non-hydrogen) atoms. The third-order valence-corrected chi connectivity index (χ3v) is 2.44. The van der Waals surface area contributed by atoms with E-state index in [0.717, 1.165) is 11.3 Å². The van der Waals surface area contributed by atoms with Crippen molar-refractivity contribution in [1.82, 2.24) is 0 Å². The van der Waals surface area contributed by atoms with Gasteiger partial charge in [-0.05, 0) is 24.6 Å². The predicted molar refractivity (Wildman–Crippen MR) is 69.9 cm³/mol. The minimum Gasteiger partial charge on any atom is -0.496 e. The van der Waals surface area contributed by atoms with Crippen LogP contribution < -0.4 is 4.74 Å². The first-order chi connectivity index (χ1) is 7.31. The molecule has 0 N–H and O–H groups in total. The largest absolute Gasteiger partial charge is 0.496 e. The van der Waals surface area contributed by atoms with Gasteiger partial charge in [0.2, 0.25) is 0 Å². The summed E-state index contributed by atoms with van der Waals surface area (Å²) >= 11 is 0. The molecule has 0 unspecified atom stereocenters.